The van der Waals surface area contributed by atoms with Crippen LogP contribution in [0.4, 0.5) is 5.69 Å². The third kappa shape index (κ3) is 2.12. The van der Waals surface area contributed by atoms with Crippen molar-refractivity contribution in [2.75, 3.05) is 12.0 Å². The van der Waals surface area contributed by atoms with E-state index in [4.69, 9.17) is 5.73 Å². The maximum absolute atomic E-state index is 11.9. The zero-order valence-electron chi connectivity index (χ0n) is 8.97. The molecule has 0 fully saturated rings. The number of thioether (sulfide) groups is 1. The van der Waals surface area contributed by atoms with Crippen LogP contribution in [0.2, 0.25) is 0 Å². The third-order valence-corrected chi connectivity index (χ3v) is 2.69. The molecule has 4 heteroatoms. The second kappa shape index (κ2) is 3.69. The number of nitrogens with one attached hydrogen (secondary N) is 1. The lowest BCUT2D eigenvalue weighted by molar-refractivity contribution is 0.0853. The first-order valence-electron chi connectivity index (χ1n) is 4.43. The molecule has 1 rings (SSSR count). The Morgan fingerprint density at radius 3 is 2.43 bits per heavy atom. The van der Waals surface area contributed by atoms with Gasteiger partial charge in [-0.15, -0.1) is 11.8 Å². The summed E-state index contributed by atoms with van der Waals surface area (Å²) in [6.45, 7) is 5.68. The number of aromatic nitrogens is 1. The van der Waals surface area contributed by atoms with Crippen LogP contribution in [0.5, 0.6) is 0 Å². The van der Waals surface area contributed by atoms with Gasteiger partial charge in [0.25, 0.3) is 0 Å². The monoisotopic (exact) mass is 212 g/mol. The molecule has 1 aromatic heterocycles. The van der Waals surface area contributed by atoms with Gasteiger partial charge in [0.15, 0.2) is 5.78 Å². The molecule has 0 aliphatic carbocycles. The number of nitrogens with two attached hydrogens (primary N) is 1. The lowest BCUT2D eigenvalue weighted by atomic mass is 9.89. The van der Waals surface area contributed by atoms with E-state index in [0.717, 1.165) is 5.03 Å². The first kappa shape index (κ1) is 11.2. The Bertz CT molecular complexity index is 349. The zero-order valence-corrected chi connectivity index (χ0v) is 9.79. The number of aromatic amines is 1. The normalized spacial score (nSPS) is 11.7. The first-order valence-corrected chi connectivity index (χ1v) is 5.66. The van der Waals surface area contributed by atoms with Crippen LogP contribution in [0.1, 0.15) is 31.3 Å². The molecule has 0 atom stereocenters. The largest absolute Gasteiger partial charge is 0.397 e. The Balaban J connectivity index is 3.03. The van der Waals surface area contributed by atoms with Gasteiger partial charge in [0.1, 0.15) is 0 Å². The van der Waals surface area contributed by atoms with Crippen LogP contribution in [0.3, 0.4) is 0 Å². The van der Waals surface area contributed by atoms with E-state index in [0.29, 0.717) is 11.4 Å². The van der Waals surface area contributed by atoms with Crippen molar-refractivity contribution >= 4 is 23.2 Å². The van der Waals surface area contributed by atoms with Crippen molar-refractivity contribution in [1.29, 1.82) is 0 Å². The van der Waals surface area contributed by atoms with Gasteiger partial charge in [-0.05, 0) is 12.3 Å². The molecule has 0 bridgehead atoms. The number of hydrogen-bond donors (Lipinski definition) is 2. The van der Waals surface area contributed by atoms with Crippen molar-refractivity contribution in [2.24, 2.45) is 5.41 Å². The van der Waals surface area contributed by atoms with E-state index in [2.05, 4.69) is 4.98 Å². The molecule has 0 radical (unpaired) electrons. The van der Waals surface area contributed by atoms with E-state index < -0.39 is 0 Å². The number of carbonyl (C=O) groups is 1. The number of anilines is 1. The van der Waals surface area contributed by atoms with E-state index in [1.54, 1.807) is 6.07 Å². The summed E-state index contributed by atoms with van der Waals surface area (Å²) in [7, 11) is 0. The molecule has 3 nitrogen and oxygen atoms in total. The van der Waals surface area contributed by atoms with Crippen LogP contribution in [0.15, 0.2) is 11.1 Å². The maximum atomic E-state index is 11.9. The predicted octanol–water partition coefficient (Wildman–Crippen LogP) is 2.55. The number of nitrogen functional groups attached to an aromatic ring is 1. The molecule has 0 saturated heterocycles. The molecule has 14 heavy (non-hydrogen) atoms. The standard InChI is InChI=1S/C10H16N2OS/c1-10(2,3)8(13)7-5-6(11)9(12-7)14-4/h5,12H,11H2,1-4H3. The Kier molecular flexibility index (Phi) is 2.95. The van der Waals surface area contributed by atoms with Gasteiger partial charge in [0.2, 0.25) is 0 Å². The van der Waals surface area contributed by atoms with E-state index in [9.17, 15) is 4.79 Å². The molecule has 1 aromatic rings. The van der Waals surface area contributed by atoms with E-state index in [-0.39, 0.29) is 11.2 Å². The van der Waals surface area contributed by atoms with Crippen LogP contribution in [-0.2, 0) is 0 Å². The number of Topliss-reactive ketones (excluding diaryl/α,β-unsaturated/α-hetero) is 1. The van der Waals surface area contributed by atoms with Crippen molar-refractivity contribution in [3.8, 4) is 0 Å². The van der Waals surface area contributed by atoms with Gasteiger partial charge in [-0.2, -0.15) is 0 Å². The zero-order chi connectivity index (χ0) is 10.9. The van der Waals surface area contributed by atoms with Gasteiger partial charge < -0.3 is 10.7 Å². The van der Waals surface area contributed by atoms with Gasteiger partial charge in [0.05, 0.1) is 16.4 Å². The van der Waals surface area contributed by atoms with Crippen LogP contribution in [0.25, 0.3) is 0 Å². The minimum atomic E-state index is -0.368. The summed E-state index contributed by atoms with van der Waals surface area (Å²) in [6.07, 6.45) is 1.92. The van der Waals surface area contributed by atoms with Gasteiger partial charge >= 0.3 is 0 Å². The van der Waals surface area contributed by atoms with Crippen LogP contribution in [-0.4, -0.2) is 17.0 Å². The fourth-order valence-corrected chi connectivity index (χ4v) is 1.65. The highest BCUT2D eigenvalue weighted by Gasteiger charge is 2.24. The topological polar surface area (TPSA) is 58.9 Å². The molecule has 0 unspecified atom stereocenters. The molecule has 78 valence electrons. The Labute approximate surface area is 88.5 Å². The molecule has 0 saturated carbocycles. The lowest BCUT2D eigenvalue weighted by Crippen LogP contribution is -2.20. The number of H-pyrrole nitrogens is 1. The summed E-state index contributed by atoms with van der Waals surface area (Å²) in [5.41, 5.74) is 6.60. The van der Waals surface area contributed by atoms with Gasteiger partial charge in [-0.25, -0.2) is 0 Å². The molecule has 0 amide bonds. The van der Waals surface area contributed by atoms with Crippen molar-refractivity contribution < 1.29 is 4.79 Å². The fraction of sp³-hybridized carbons (Fsp3) is 0.500. The van der Waals surface area contributed by atoms with Crippen molar-refractivity contribution in [3.05, 3.63) is 11.8 Å². The number of ketones is 1. The fourth-order valence-electron chi connectivity index (χ4n) is 1.15. The van der Waals surface area contributed by atoms with Crippen molar-refractivity contribution in [1.82, 2.24) is 4.98 Å². The Hall–Kier alpha value is -0.900. The first-order chi connectivity index (χ1) is 6.36. The van der Waals surface area contributed by atoms with E-state index >= 15 is 0 Å². The van der Waals surface area contributed by atoms with Crippen molar-refractivity contribution in [2.45, 2.75) is 25.8 Å². The average Bonchev–Trinajstić information content (AvgIpc) is 2.43. The second-order valence-corrected chi connectivity index (χ2v) is 5.07. The van der Waals surface area contributed by atoms with Gasteiger partial charge in [0, 0.05) is 5.41 Å². The summed E-state index contributed by atoms with van der Waals surface area (Å²) in [6, 6.07) is 1.71. The molecule has 0 aliphatic heterocycles. The highest BCUT2D eigenvalue weighted by molar-refractivity contribution is 7.98. The SMILES string of the molecule is CSc1[nH]c(C(=O)C(C)(C)C)cc1N. The van der Waals surface area contributed by atoms with Gasteiger partial charge in [-0.1, -0.05) is 20.8 Å². The molecule has 3 N–H and O–H groups in total. The minimum absolute atomic E-state index is 0.0875. The quantitative estimate of drug-likeness (QED) is 0.585. The maximum Gasteiger partial charge on any atom is 0.184 e. The number of hydrogen-bond acceptors (Lipinski definition) is 3. The highest BCUT2D eigenvalue weighted by Crippen LogP contribution is 2.27. The second-order valence-electron chi connectivity index (χ2n) is 4.25. The molecule has 0 aliphatic rings. The Morgan fingerprint density at radius 2 is 2.07 bits per heavy atom. The van der Waals surface area contributed by atoms with Crippen LogP contribution < -0.4 is 5.73 Å². The summed E-state index contributed by atoms with van der Waals surface area (Å²) >= 11 is 1.51. The number of carbonyl (C=O) groups excluding carboxylic acids is 1. The van der Waals surface area contributed by atoms with Crippen LogP contribution in [0, 0.1) is 5.41 Å². The number of rotatable bonds is 2. The minimum Gasteiger partial charge on any atom is -0.397 e. The molecule has 0 spiro atoms. The summed E-state index contributed by atoms with van der Waals surface area (Å²) in [4.78, 5) is 14.9. The summed E-state index contributed by atoms with van der Waals surface area (Å²) < 4.78 is 0. The average molecular weight is 212 g/mol. The highest BCUT2D eigenvalue weighted by atomic mass is 32.2. The predicted molar refractivity (Wildman–Crippen MR) is 60.8 cm³/mol. The molecular weight excluding hydrogens is 196 g/mol. The van der Waals surface area contributed by atoms with E-state index in [1.165, 1.54) is 11.8 Å². The van der Waals surface area contributed by atoms with Crippen molar-refractivity contribution in [3.63, 3.8) is 0 Å². The van der Waals surface area contributed by atoms with Crippen LogP contribution >= 0.6 is 11.8 Å². The smallest absolute Gasteiger partial charge is 0.184 e. The van der Waals surface area contributed by atoms with E-state index in [1.807, 2.05) is 27.0 Å². The third-order valence-electron chi connectivity index (χ3n) is 1.94. The molecule has 1 heterocycles. The molecule has 0 aromatic carbocycles. The Morgan fingerprint density at radius 1 is 1.50 bits per heavy atom. The lowest BCUT2D eigenvalue weighted by Gasteiger charge is -2.14. The summed E-state index contributed by atoms with van der Waals surface area (Å²) in [5.74, 6) is 0.0875. The summed E-state index contributed by atoms with van der Waals surface area (Å²) in [5, 5.41) is 0.859. The van der Waals surface area contributed by atoms with Gasteiger partial charge in [-0.3, -0.25) is 4.79 Å². The molecular formula is C10H16N2OS.